The number of aliphatic hydroxyl groups is 1. The number of ether oxygens (including phenoxy) is 1. The second-order valence-corrected chi connectivity index (χ2v) is 5.67. The number of hydrogen-bond donors (Lipinski definition) is 1. The number of rotatable bonds is 7. The SMILES string of the molecule is CCOC(=O)/C(N=Nc1ccc(C)cc1)=C(/O)C(F)(F)C(F)(F)C(F)(F)C(F)(F)F. The number of azo groups is 1. The Morgan fingerprint density at radius 1 is 0.967 bits per heavy atom. The van der Waals surface area contributed by atoms with E-state index < -0.39 is 48.0 Å². The highest BCUT2D eigenvalue weighted by atomic mass is 19.4. The van der Waals surface area contributed by atoms with Crippen molar-refractivity contribution in [2.24, 2.45) is 10.2 Å². The lowest BCUT2D eigenvalue weighted by atomic mass is 10.0. The average molecular weight is 452 g/mol. The number of carbonyl (C=O) groups is 1. The quantitative estimate of drug-likeness (QED) is 0.185. The zero-order valence-electron chi connectivity index (χ0n) is 15.1. The van der Waals surface area contributed by atoms with E-state index in [4.69, 9.17) is 0 Å². The summed E-state index contributed by atoms with van der Waals surface area (Å²) in [4.78, 5) is 11.7. The molecule has 0 aliphatic rings. The van der Waals surface area contributed by atoms with Crippen LogP contribution in [0.3, 0.4) is 0 Å². The van der Waals surface area contributed by atoms with E-state index in [9.17, 15) is 49.4 Å². The Balaban J connectivity index is 3.59. The van der Waals surface area contributed by atoms with Gasteiger partial charge in [-0.25, -0.2) is 4.79 Å². The van der Waals surface area contributed by atoms with Crippen LogP contribution in [0.1, 0.15) is 12.5 Å². The maximum atomic E-state index is 13.9. The van der Waals surface area contributed by atoms with Gasteiger partial charge in [0.1, 0.15) is 0 Å². The highest BCUT2D eigenvalue weighted by Gasteiger charge is 2.83. The Hall–Kier alpha value is -2.80. The largest absolute Gasteiger partial charge is 0.504 e. The van der Waals surface area contributed by atoms with E-state index in [1.54, 1.807) is 6.92 Å². The number of allylic oxidation sites excluding steroid dienone is 1. The lowest BCUT2D eigenvalue weighted by Gasteiger charge is -2.33. The predicted molar refractivity (Wildman–Crippen MR) is 82.9 cm³/mol. The van der Waals surface area contributed by atoms with Crippen LogP contribution in [0.5, 0.6) is 0 Å². The van der Waals surface area contributed by atoms with Gasteiger partial charge in [-0.05, 0) is 26.0 Å². The first kappa shape index (κ1) is 25.2. The molecule has 0 fully saturated rings. The summed E-state index contributed by atoms with van der Waals surface area (Å²) < 4.78 is 122. The lowest BCUT2D eigenvalue weighted by molar-refractivity contribution is -0.392. The van der Waals surface area contributed by atoms with E-state index in [-0.39, 0.29) is 5.69 Å². The van der Waals surface area contributed by atoms with Crippen molar-refractivity contribution < 1.29 is 54.2 Å². The molecule has 168 valence electrons. The van der Waals surface area contributed by atoms with Crippen LogP contribution >= 0.6 is 0 Å². The van der Waals surface area contributed by atoms with E-state index >= 15 is 0 Å². The first-order chi connectivity index (χ1) is 13.5. The molecule has 0 aliphatic carbocycles. The summed E-state index contributed by atoms with van der Waals surface area (Å²) in [5, 5.41) is 15.4. The summed E-state index contributed by atoms with van der Waals surface area (Å²) in [5.74, 6) is -26.2. The molecular formula is C16H13F9N2O3. The number of benzene rings is 1. The molecule has 0 saturated heterocycles. The van der Waals surface area contributed by atoms with Gasteiger partial charge in [0.2, 0.25) is 11.5 Å². The van der Waals surface area contributed by atoms with E-state index in [2.05, 4.69) is 15.0 Å². The molecule has 0 aromatic heterocycles. The van der Waals surface area contributed by atoms with Crippen molar-refractivity contribution in [3.63, 3.8) is 0 Å². The van der Waals surface area contributed by atoms with Gasteiger partial charge in [-0.2, -0.15) is 44.6 Å². The summed E-state index contributed by atoms with van der Waals surface area (Å²) >= 11 is 0. The molecule has 1 rings (SSSR count). The van der Waals surface area contributed by atoms with Gasteiger partial charge in [-0.15, -0.1) is 5.11 Å². The maximum Gasteiger partial charge on any atom is 0.460 e. The standard InChI is InChI=1S/C16H13F9N2O3/c1-3-30-12(29)10(27-26-9-6-4-8(2)5-7-9)11(28)13(17,18)14(19,20)15(21,22)16(23,24)25/h4-7,28H,3H2,1-2H3/b11-10-,27-26?. The molecule has 0 atom stereocenters. The lowest BCUT2D eigenvalue weighted by Crippen LogP contribution is -2.61. The fourth-order valence-corrected chi connectivity index (χ4v) is 1.78. The molecule has 1 aromatic rings. The molecule has 1 aromatic carbocycles. The molecule has 0 heterocycles. The Morgan fingerprint density at radius 2 is 1.47 bits per heavy atom. The highest BCUT2D eigenvalue weighted by molar-refractivity contribution is 5.88. The number of alkyl halides is 9. The van der Waals surface area contributed by atoms with Gasteiger partial charge in [0.05, 0.1) is 12.3 Å². The average Bonchev–Trinajstić information content (AvgIpc) is 2.62. The molecule has 0 spiro atoms. The Bertz CT molecular complexity index is 831. The van der Waals surface area contributed by atoms with Gasteiger partial charge in [-0.1, -0.05) is 17.7 Å². The van der Waals surface area contributed by atoms with Crippen LogP contribution in [0, 0.1) is 6.92 Å². The number of esters is 1. The molecular weight excluding hydrogens is 439 g/mol. The molecule has 0 aliphatic heterocycles. The number of carbonyl (C=O) groups excluding carboxylic acids is 1. The molecule has 1 N–H and O–H groups in total. The third kappa shape index (κ3) is 4.67. The summed E-state index contributed by atoms with van der Waals surface area (Å²) in [6, 6.07) is 5.27. The molecule has 0 bridgehead atoms. The molecule has 0 amide bonds. The number of nitrogens with zero attached hydrogens (tertiary/aromatic N) is 2. The normalized spacial score (nSPS) is 14.6. The number of aryl methyl sites for hydroxylation is 1. The molecule has 30 heavy (non-hydrogen) atoms. The van der Waals surface area contributed by atoms with Crippen LogP contribution in [-0.2, 0) is 9.53 Å². The van der Waals surface area contributed by atoms with Crippen LogP contribution in [0.25, 0.3) is 0 Å². The first-order valence-electron chi connectivity index (χ1n) is 7.80. The minimum atomic E-state index is -7.27. The van der Waals surface area contributed by atoms with Gasteiger partial charge in [0.25, 0.3) is 0 Å². The van der Waals surface area contributed by atoms with Gasteiger partial charge in [0, 0.05) is 0 Å². The molecule has 0 saturated carbocycles. The van der Waals surface area contributed by atoms with Crippen molar-refractivity contribution in [3.05, 3.63) is 41.3 Å². The molecule has 0 unspecified atom stereocenters. The van der Waals surface area contributed by atoms with Crippen molar-refractivity contribution in [3.8, 4) is 0 Å². The molecule has 0 radical (unpaired) electrons. The second kappa shape index (κ2) is 8.52. The fourth-order valence-electron chi connectivity index (χ4n) is 1.78. The minimum Gasteiger partial charge on any atom is -0.504 e. The Kier molecular flexibility index (Phi) is 7.16. The van der Waals surface area contributed by atoms with Gasteiger partial charge >= 0.3 is 29.9 Å². The minimum absolute atomic E-state index is 0.161. The zero-order chi connectivity index (χ0) is 23.5. The Labute approximate surface area is 162 Å². The van der Waals surface area contributed by atoms with Crippen molar-refractivity contribution in [1.82, 2.24) is 0 Å². The highest BCUT2D eigenvalue weighted by Crippen LogP contribution is 2.55. The van der Waals surface area contributed by atoms with E-state index in [0.29, 0.717) is 5.56 Å². The van der Waals surface area contributed by atoms with Crippen LogP contribution in [-0.4, -0.2) is 41.6 Å². The Morgan fingerprint density at radius 3 is 1.90 bits per heavy atom. The second-order valence-electron chi connectivity index (χ2n) is 5.67. The summed E-state index contributed by atoms with van der Waals surface area (Å²) in [5.41, 5.74) is -1.55. The van der Waals surface area contributed by atoms with E-state index in [0.717, 1.165) is 6.92 Å². The maximum absolute atomic E-state index is 13.9. The van der Waals surface area contributed by atoms with E-state index in [1.165, 1.54) is 24.3 Å². The smallest absolute Gasteiger partial charge is 0.460 e. The van der Waals surface area contributed by atoms with Crippen LogP contribution in [0.4, 0.5) is 45.2 Å². The first-order valence-corrected chi connectivity index (χ1v) is 7.80. The third-order valence-corrected chi connectivity index (χ3v) is 3.43. The van der Waals surface area contributed by atoms with Gasteiger partial charge < -0.3 is 9.84 Å². The molecule has 14 heteroatoms. The van der Waals surface area contributed by atoms with Crippen molar-refractivity contribution in [1.29, 1.82) is 0 Å². The monoisotopic (exact) mass is 452 g/mol. The topological polar surface area (TPSA) is 71.2 Å². The van der Waals surface area contributed by atoms with Crippen LogP contribution in [0.2, 0.25) is 0 Å². The van der Waals surface area contributed by atoms with Crippen LogP contribution < -0.4 is 0 Å². The van der Waals surface area contributed by atoms with Crippen molar-refractivity contribution >= 4 is 11.7 Å². The summed E-state index contributed by atoms with van der Waals surface area (Å²) in [6.45, 7) is 2.19. The van der Waals surface area contributed by atoms with Gasteiger partial charge in [-0.3, -0.25) is 0 Å². The predicted octanol–water partition coefficient (Wildman–Crippen LogP) is 5.88. The number of aliphatic hydroxyl groups excluding tert-OH is 1. The third-order valence-electron chi connectivity index (χ3n) is 3.43. The van der Waals surface area contributed by atoms with Crippen LogP contribution in [0.15, 0.2) is 46.0 Å². The van der Waals surface area contributed by atoms with Gasteiger partial charge in [0.15, 0.2) is 0 Å². The number of halogens is 9. The number of hydrogen-bond acceptors (Lipinski definition) is 5. The zero-order valence-corrected chi connectivity index (χ0v) is 15.1. The van der Waals surface area contributed by atoms with Crippen molar-refractivity contribution in [2.75, 3.05) is 6.61 Å². The fraction of sp³-hybridized carbons (Fsp3) is 0.438. The van der Waals surface area contributed by atoms with E-state index in [1.807, 2.05) is 0 Å². The van der Waals surface area contributed by atoms with Crippen molar-refractivity contribution in [2.45, 2.75) is 37.8 Å². The summed E-state index contributed by atoms with van der Waals surface area (Å²) in [6.07, 6.45) is -7.10. The summed E-state index contributed by atoms with van der Waals surface area (Å²) in [7, 11) is 0. The molecule has 5 nitrogen and oxygen atoms in total.